The molecule has 0 aromatic carbocycles. The normalized spacial score (nSPS) is 10.6. The number of ketones is 1. The van der Waals surface area contributed by atoms with Crippen molar-refractivity contribution in [2.24, 2.45) is 5.41 Å². The number of carbonyl (C=O) groups excluding carboxylic acids is 5. The average molecular weight is 360 g/mol. The van der Waals surface area contributed by atoms with Crippen LogP contribution in [0.3, 0.4) is 0 Å². The van der Waals surface area contributed by atoms with E-state index in [4.69, 9.17) is 18.9 Å². The summed E-state index contributed by atoms with van der Waals surface area (Å²) in [5.74, 6) is -2.61. The van der Waals surface area contributed by atoms with E-state index < -0.39 is 29.3 Å². The molecule has 0 heterocycles. The van der Waals surface area contributed by atoms with Crippen LogP contribution in [-0.2, 0) is 42.9 Å². The van der Waals surface area contributed by atoms with Gasteiger partial charge in [-0.05, 0) is 6.92 Å². The molecule has 0 rings (SSSR count). The summed E-state index contributed by atoms with van der Waals surface area (Å²) < 4.78 is 19.9. The van der Waals surface area contributed by atoms with Crippen LogP contribution >= 0.6 is 0 Å². The van der Waals surface area contributed by atoms with Gasteiger partial charge in [-0.15, -0.1) is 0 Å². The fourth-order valence-electron chi connectivity index (χ4n) is 1.60. The molecule has 142 valence electrons. The molecule has 0 aliphatic rings. The third-order valence-corrected chi connectivity index (χ3v) is 2.97. The van der Waals surface area contributed by atoms with Crippen molar-refractivity contribution in [2.75, 3.05) is 26.4 Å². The second-order valence-electron chi connectivity index (χ2n) is 5.70. The van der Waals surface area contributed by atoms with Crippen LogP contribution in [0.2, 0.25) is 0 Å². The van der Waals surface area contributed by atoms with Crippen LogP contribution in [0.1, 0.15) is 40.5 Å². The largest absolute Gasteiger partial charge is 0.465 e. The van der Waals surface area contributed by atoms with E-state index in [-0.39, 0.29) is 45.1 Å². The van der Waals surface area contributed by atoms with Crippen molar-refractivity contribution in [1.82, 2.24) is 0 Å². The maximum Gasteiger partial charge on any atom is 0.306 e. The summed E-state index contributed by atoms with van der Waals surface area (Å²) >= 11 is 0. The highest BCUT2D eigenvalue weighted by Crippen LogP contribution is 2.21. The molecule has 0 spiro atoms. The van der Waals surface area contributed by atoms with E-state index in [1.54, 1.807) is 0 Å². The summed E-state index contributed by atoms with van der Waals surface area (Å²) in [6.45, 7) is 3.70. The number of carbonyl (C=O) groups is 5. The van der Waals surface area contributed by atoms with Gasteiger partial charge in [-0.2, -0.15) is 0 Å². The lowest BCUT2D eigenvalue weighted by molar-refractivity contribution is -0.168. The Hall–Kier alpha value is -2.45. The first-order valence-electron chi connectivity index (χ1n) is 7.61. The summed E-state index contributed by atoms with van der Waals surface area (Å²) in [5.41, 5.74) is -1.24. The highest BCUT2D eigenvalue weighted by molar-refractivity contribution is 5.81. The summed E-state index contributed by atoms with van der Waals surface area (Å²) in [6, 6.07) is 0. The van der Waals surface area contributed by atoms with E-state index >= 15 is 0 Å². The molecule has 0 aromatic rings. The van der Waals surface area contributed by atoms with Gasteiger partial charge < -0.3 is 23.7 Å². The molecule has 0 aliphatic heterocycles. The molecule has 0 atom stereocenters. The van der Waals surface area contributed by atoms with Crippen molar-refractivity contribution >= 4 is 29.7 Å². The average Bonchev–Trinajstić information content (AvgIpc) is 2.51. The second kappa shape index (κ2) is 11.2. The molecular weight excluding hydrogens is 336 g/mol. The molecule has 0 N–H and O–H groups in total. The molecule has 0 aromatic heterocycles. The summed E-state index contributed by atoms with van der Waals surface area (Å²) in [6.07, 6.45) is -0.0796. The third-order valence-electron chi connectivity index (χ3n) is 2.97. The van der Waals surface area contributed by atoms with Crippen molar-refractivity contribution in [3.8, 4) is 0 Å². The minimum atomic E-state index is -1.24. The fraction of sp³-hybridized carbons (Fsp3) is 0.688. The number of Topliss-reactive ketones (excluding diaryl/α,β-unsaturated/α-hetero) is 1. The Balaban J connectivity index is 5.07. The van der Waals surface area contributed by atoms with Gasteiger partial charge in [0.25, 0.3) is 0 Å². The predicted octanol–water partition coefficient (Wildman–Crippen LogP) is 0.575. The number of hydrogen-bond acceptors (Lipinski definition) is 9. The summed E-state index contributed by atoms with van der Waals surface area (Å²) in [4.78, 5) is 55.9. The number of hydrogen-bond donors (Lipinski definition) is 0. The van der Waals surface area contributed by atoms with E-state index in [9.17, 15) is 24.0 Å². The molecule has 0 aliphatic carbocycles. The Kier molecular flexibility index (Phi) is 10.1. The van der Waals surface area contributed by atoms with Crippen molar-refractivity contribution in [2.45, 2.75) is 40.5 Å². The zero-order chi connectivity index (χ0) is 19.5. The van der Waals surface area contributed by atoms with E-state index in [1.807, 2.05) is 0 Å². The van der Waals surface area contributed by atoms with Crippen LogP contribution in [0.4, 0.5) is 0 Å². The lowest BCUT2D eigenvalue weighted by atomic mass is 9.92. The van der Waals surface area contributed by atoms with Crippen LogP contribution in [0.5, 0.6) is 0 Å². The SMILES string of the molecule is CC(=O)CCC(=O)OCC(COC(C)=O)(COC(C)=O)COC(C)=O. The van der Waals surface area contributed by atoms with E-state index in [0.29, 0.717) is 0 Å². The van der Waals surface area contributed by atoms with Gasteiger partial charge in [0.15, 0.2) is 0 Å². The van der Waals surface area contributed by atoms with E-state index in [1.165, 1.54) is 27.7 Å². The minimum Gasteiger partial charge on any atom is -0.465 e. The smallest absolute Gasteiger partial charge is 0.306 e. The van der Waals surface area contributed by atoms with Gasteiger partial charge in [0.1, 0.15) is 37.6 Å². The molecule has 0 amide bonds. The lowest BCUT2D eigenvalue weighted by Crippen LogP contribution is -2.43. The van der Waals surface area contributed by atoms with Crippen LogP contribution in [0.25, 0.3) is 0 Å². The predicted molar refractivity (Wildman–Crippen MR) is 83.2 cm³/mol. The zero-order valence-corrected chi connectivity index (χ0v) is 14.9. The van der Waals surface area contributed by atoms with Crippen LogP contribution < -0.4 is 0 Å². The summed E-state index contributed by atoms with van der Waals surface area (Å²) in [5, 5.41) is 0. The molecule has 0 saturated carbocycles. The quantitative estimate of drug-likeness (QED) is 0.384. The maximum atomic E-state index is 11.7. The third kappa shape index (κ3) is 11.7. The first kappa shape index (κ1) is 22.6. The first-order chi connectivity index (χ1) is 11.6. The Morgan fingerprint density at radius 2 is 0.960 bits per heavy atom. The Morgan fingerprint density at radius 1 is 0.600 bits per heavy atom. The van der Waals surface area contributed by atoms with Crippen LogP contribution in [0.15, 0.2) is 0 Å². The Labute approximate surface area is 145 Å². The molecule has 9 heteroatoms. The molecule has 0 saturated heterocycles. The zero-order valence-electron chi connectivity index (χ0n) is 14.9. The van der Waals surface area contributed by atoms with Gasteiger partial charge in [-0.3, -0.25) is 19.2 Å². The van der Waals surface area contributed by atoms with Crippen molar-refractivity contribution in [1.29, 1.82) is 0 Å². The standard InChI is InChI=1S/C16H24O9/c1-11(17)5-6-15(21)25-10-16(7-22-12(2)18,8-23-13(3)19)9-24-14(4)20/h5-10H2,1-4H3. The van der Waals surface area contributed by atoms with Crippen molar-refractivity contribution < 1.29 is 42.9 Å². The molecular formula is C16H24O9. The monoisotopic (exact) mass is 360 g/mol. The van der Waals surface area contributed by atoms with Gasteiger partial charge in [0.05, 0.1) is 6.42 Å². The van der Waals surface area contributed by atoms with Crippen LogP contribution in [-0.4, -0.2) is 56.1 Å². The van der Waals surface area contributed by atoms with Gasteiger partial charge in [-0.25, -0.2) is 0 Å². The molecule has 0 fully saturated rings. The number of esters is 4. The fourth-order valence-corrected chi connectivity index (χ4v) is 1.60. The van der Waals surface area contributed by atoms with E-state index in [2.05, 4.69) is 0 Å². The first-order valence-corrected chi connectivity index (χ1v) is 7.61. The number of ether oxygens (including phenoxy) is 4. The lowest BCUT2D eigenvalue weighted by Gasteiger charge is -2.31. The molecule has 0 radical (unpaired) electrons. The molecule has 9 nitrogen and oxygen atoms in total. The van der Waals surface area contributed by atoms with Gasteiger partial charge >= 0.3 is 23.9 Å². The van der Waals surface area contributed by atoms with Gasteiger partial charge in [0.2, 0.25) is 0 Å². The van der Waals surface area contributed by atoms with Gasteiger partial charge in [0, 0.05) is 27.2 Å². The van der Waals surface area contributed by atoms with Gasteiger partial charge in [-0.1, -0.05) is 0 Å². The molecule has 0 bridgehead atoms. The molecule has 0 unspecified atom stereocenters. The van der Waals surface area contributed by atoms with Crippen LogP contribution in [0, 0.1) is 5.41 Å². The maximum absolute atomic E-state index is 11.7. The second-order valence-corrected chi connectivity index (χ2v) is 5.70. The molecule has 25 heavy (non-hydrogen) atoms. The minimum absolute atomic E-state index is 0.0314. The Morgan fingerprint density at radius 3 is 1.28 bits per heavy atom. The van der Waals surface area contributed by atoms with E-state index in [0.717, 1.165) is 0 Å². The highest BCUT2D eigenvalue weighted by Gasteiger charge is 2.37. The van der Waals surface area contributed by atoms with Crippen molar-refractivity contribution in [3.63, 3.8) is 0 Å². The highest BCUT2D eigenvalue weighted by atomic mass is 16.6. The number of rotatable bonds is 11. The van der Waals surface area contributed by atoms with Crippen molar-refractivity contribution in [3.05, 3.63) is 0 Å². The topological polar surface area (TPSA) is 122 Å². The Bertz CT molecular complexity index is 464. The summed E-state index contributed by atoms with van der Waals surface area (Å²) in [7, 11) is 0.